The van der Waals surface area contributed by atoms with Crippen molar-refractivity contribution in [1.29, 1.82) is 0 Å². The maximum Gasteiger partial charge on any atom is 0.396 e. The number of aryl methyl sites for hydroxylation is 2. The van der Waals surface area contributed by atoms with Crippen LogP contribution in [0.25, 0.3) is 27.8 Å². The second kappa shape index (κ2) is 6.69. The molecule has 0 saturated carbocycles. The van der Waals surface area contributed by atoms with Gasteiger partial charge in [0.15, 0.2) is 5.03 Å². The van der Waals surface area contributed by atoms with E-state index in [-0.39, 0.29) is 17.0 Å². The van der Waals surface area contributed by atoms with Crippen LogP contribution in [-0.4, -0.2) is 33.6 Å². The number of aromatic nitrogens is 6. The first-order valence-corrected chi connectivity index (χ1v) is 9.95. The SMILES string of the molecule is CCCn1c(=O)c2oc3ccccc3c2n2c(Sc3c([N+](=O)[O-])ncn3C)nnc12. The molecule has 5 rings (SSSR count). The lowest BCUT2D eigenvalue weighted by molar-refractivity contribution is -0.392. The molecular weight excluding hydrogens is 410 g/mol. The van der Waals surface area contributed by atoms with Crippen LogP contribution in [0.2, 0.25) is 0 Å². The molecule has 30 heavy (non-hydrogen) atoms. The highest BCUT2D eigenvalue weighted by Crippen LogP contribution is 2.35. The lowest BCUT2D eigenvalue weighted by atomic mass is 10.2. The van der Waals surface area contributed by atoms with Crippen molar-refractivity contribution in [3.05, 3.63) is 51.1 Å². The zero-order chi connectivity index (χ0) is 21.0. The van der Waals surface area contributed by atoms with Gasteiger partial charge in [-0.05, 0) is 40.2 Å². The van der Waals surface area contributed by atoms with E-state index in [1.54, 1.807) is 22.1 Å². The van der Waals surface area contributed by atoms with Crippen LogP contribution < -0.4 is 5.56 Å². The molecule has 0 radical (unpaired) electrons. The summed E-state index contributed by atoms with van der Waals surface area (Å²) in [6.45, 7) is 2.39. The third-order valence-electron chi connectivity index (χ3n) is 4.76. The summed E-state index contributed by atoms with van der Waals surface area (Å²) in [6, 6.07) is 7.32. The van der Waals surface area contributed by atoms with Gasteiger partial charge in [-0.25, -0.2) is 0 Å². The number of rotatable bonds is 5. The molecule has 0 N–H and O–H groups in total. The second-order valence-corrected chi connectivity index (χ2v) is 7.65. The first kappa shape index (κ1) is 18.4. The summed E-state index contributed by atoms with van der Waals surface area (Å²) in [7, 11) is 1.67. The van der Waals surface area contributed by atoms with Crippen molar-refractivity contribution in [3.63, 3.8) is 0 Å². The van der Waals surface area contributed by atoms with Crippen molar-refractivity contribution in [1.82, 2.24) is 28.7 Å². The average Bonchev–Trinajstić information content (AvgIpc) is 3.41. The van der Waals surface area contributed by atoms with E-state index < -0.39 is 4.92 Å². The van der Waals surface area contributed by atoms with Crippen LogP contribution in [0, 0.1) is 10.1 Å². The zero-order valence-electron chi connectivity index (χ0n) is 16.0. The summed E-state index contributed by atoms with van der Waals surface area (Å²) in [5, 5.41) is 21.3. The summed E-state index contributed by atoms with van der Waals surface area (Å²) in [5.41, 5.74) is 1.01. The minimum Gasteiger partial charge on any atom is -0.449 e. The average molecular weight is 425 g/mol. The van der Waals surface area contributed by atoms with Gasteiger partial charge < -0.3 is 19.1 Å². The molecule has 0 aliphatic heterocycles. The number of furan rings is 1. The molecule has 0 saturated heterocycles. The summed E-state index contributed by atoms with van der Waals surface area (Å²) in [4.78, 5) is 27.8. The Bertz CT molecular complexity index is 1510. The standard InChI is InChI=1S/C18H15N7O4S/c1-3-8-23-15(26)13-12(10-6-4-5-7-11(10)29-13)24-17(23)20-21-18(24)30-16-14(25(27)28)19-9-22(16)2/h4-7,9H,3,8H2,1-2H3. The van der Waals surface area contributed by atoms with Crippen LogP contribution in [0.5, 0.6) is 0 Å². The van der Waals surface area contributed by atoms with E-state index in [0.717, 1.165) is 17.1 Å². The minimum absolute atomic E-state index is 0.193. The fraction of sp³-hybridized carbons (Fsp3) is 0.222. The van der Waals surface area contributed by atoms with E-state index in [2.05, 4.69) is 15.2 Å². The molecule has 0 aliphatic carbocycles. The van der Waals surface area contributed by atoms with Crippen molar-refractivity contribution < 1.29 is 9.34 Å². The van der Waals surface area contributed by atoms with Gasteiger partial charge in [0.05, 0.1) is 0 Å². The number of nitro groups is 1. The van der Waals surface area contributed by atoms with Gasteiger partial charge in [0.25, 0.3) is 5.56 Å². The number of imidazole rings is 1. The molecular formula is C18H15N7O4S. The first-order valence-electron chi connectivity index (χ1n) is 9.14. The monoisotopic (exact) mass is 425 g/mol. The van der Waals surface area contributed by atoms with Crippen LogP contribution in [0.1, 0.15) is 13.3 Å². The van der Waals surface area contributed by atoms with Gasteiger partial charge in [-0.1, -0.05) is 19.1 Å². The highest BCUT2D eigenvalue weighted by Gasteiger charge is 2.26. The number of hydrogen-bond acceptors (Lipinski definition) is 8. The number of nitrogens with zero attached hydrogens (tertiary/aromatic N) is 7. The Hall–Kier alpha value is -3.67. The maximum atomic E-state index is 13.1. The third-order valence-corrected chi connectivity index (χ3v) is 5.87. The lowest BCUT2D eigenvalue weighted by Crippen LogP contribution is -2.22. The Balaban J connectivity index is 1.87. The summed E-state index contributed by atoms with van der Waals surface area (Å²) in [5.74, 6) is 0.0858. The Morgan fingerprint density at radius 3 is 2.83 bits per heavy atom. The molecule has 0 atom stereocenters. The molecule has 0 amide bonds. The molecule has 152 valence electrons. The lowest BCUT2D eigenvalue weighted by Gasteiger charge is -2.07. The van der Waals surface area contributed by atoms with Crippen LogP contribution in [0.15, 0.2) is 50.0 Å². The van der Waals surface area contributed by atoms with Crippen molar-refractivity contribution in [2.45, 2.75) is 30.1 Å². The first-order chi connectivity index (χ1) is 14.5. The molecule has 0 bridgehead atoms. The van der Waals surface area contributed by atoms with Crippen molar-refractivity contribution in [2.24, 2.45) is 7.05 Å². The van der Waals surface area contributed by atoms with Crippen LogP contribution in [0.4, 0.5) is 5.82 Å². The molecule has 5 aromatic rings. The topological polar surface area (TPSA) is 126 Å². The largest absolute Gasteiger partial charge is 0.449 e. The Morgan fingerprint density at radius 1 is 1.27 bits per heavy atom. The minimum atomic E-state index is -0.540. The molecule has 0 unspecified atom stereocenters. The molecule has 0 spiro atoms. The van der Waals surface area contributed by atoms with Crippen molar-refractivity contribution >= 4 is 45.4 Å². The van der Waals surface area contributed by atoms with Crippen LogP contribution >= 0.6 is 11.8 Å². The van der Waals surface area contributed by atoms with Crippen LogP contribution in [-0.2, 0) is 13.6 Å². The summed E-state index contributed by atoms with van der Waals surface area (Å²) in [6.07, 6.45) is 2.09. The van der Waals surface area contributed by atoms with Crippen molar-refractivity contribution in [3.8, 4) is 0 Å². The van der Waals surface area contributed by atoms with E-state index >= 15 is 0 Å². The summed E-state index contributed by atoms with van der Waals surface area (Å²) < 4.78 is 10.7. The molecule has 0 fully saturated rings. The van der Waals surface area contributed by atoms with E-state index in [9.17, 15) is 14.9 Å². The Kier molecular flexibility index (Phi) is 4.10. The van der Waals surface area contributed by atoms with E-state index in [1.807, 2.05) is 25.1 Å². The fourth-order valence-electron chi connectivity index (χ4n) is 3.47. The Morgan fingerprint density at radius 2 is 2.07 bits per heavy atom. The zero-order valence-corrected chi connectivity index (χ0v) is 16.8. The molecule has 0 aliphatic rings. The highest BCUT2D eigenvalue weighted by molar-refractivity contribution is 7.99. The van der Waals surface area contributed by atoms with Gasteiger partial charge in [0, 0.05) is 19.0 Å². The summed E-state index contributed by atoms with van der Waals surface area (Å²) >= 11 is 1.06. The normalized spacial score (nSPS) is 11.8. The highest BCUT2D eigenvalue weighted by atomic mass is 32.2. The van der Waals surface area contributed by atoms with Gasteiger partial charge in [-0.15, -0.1) is 10.2 Å². The van der Waals surface area contributed by atoms with Gasteiger partial charge in [0.2, 0.25) is 22.8 Å². The smallest absolute Gasteiger partial charge is 0.396 e. The maximum absolute atomic E-state index is 13.1. The quantitative estimate of drug-likeness (QED) is 0.311. The second-order valence-electron chi connectivity index (χ2n) is 6.69. The van der Waals surface area contributed by atoms with Gasteiger partial charge in [-0.3, -0.25) is 13.8 Å². The molecule has 11 nitrogen and oxygen atoms in total. The number of para-hydroxylation sites is 1. The number of fused-ring (bicyclic) bond motifs is 5. The fourth-order valence-corrected chi connectivity index (χ4v) is 4.40. The van der Waals surface area contributed by atoms with Gasteiger partial charge in [-0.2, -0.15) is 0 Å². The third kappa shape index (κ3) is 2.53. The molecule has 4 aromatic heterocycles. The van der Waals surface area contributed by atoms with E-state index in [0.29, 0.717) is 40.0 Å². The van der Waals surface area contributed by atoms with Crippen LogP contribution in [0.3, 0.4) is 0 Å². The molecule has 4 heterocycles. The Labute approximate surface area is 172 Å². The van der Waals surface area contributed by atoms with E-state index in [4.69, 9.17) is 4.42 Å². The van der Waals surface area contributed by atoms with Gasteiger partial charge in [0.1, 0.15) is 11.1 Å². The number of benzene rings is 1. The number of hydrogen-bond donors (Lipinski definition) is 0. The van der Waals surface area contributed by atoms with E-state index in [1.165, 1.54) is 10.9 Å². The van der Waals surface area contributed by atoms with Gasteiger partial charge >= 0.3 is 5.82 Å². The predicted molar refractivity (Wildman–Crippen MR) is 109 cm³/mol. The molecule has 12 heteroatoms. The molecule has 1 aromatic carbocycles. The van der Waals surface area contributed by atoms with Crippen molar-refractivity contribution in [2.75, 3.05) is 0 Å². The predicted octanol–water partition coefficient (Wildman–Crippen LogP) is 2.99.